The van der Waals surface area contributed by atoms with Crippen molar-refractivity contribution in [2.24, 2.45) is 0 Å². The van der Waals surface area contributed by atoms with Gasteiger partial charge in [0.15, 0.2) is 0 Å². The van der Waals surface area contributed by atoms with Crippen LogP contribution in [0.5, 0.6) is 0 Å². The highest BCUT2D eigenvalue weighted by molar-refractivity contribution is 6.00. The monoisotopic (exact) mass is 349 g/mol. The number of hydrogen-bond acceptors (Lipinski definition) is 1. The van der Waals surface area contributed by atoms with Crippen LogP contribution >= 0.6 is 0 Å². The van der Waals surface area contributed by atoms with Crippen molar-refractivity contribution >= 4 is 27.2 Å². The highest BCUT2D eigenvalue weighted by atomic mass is 15.1. The average molecular weight is 349 g/mol. The fourth-order valence-corrected chi connectivity index (χ4v) is 5.33. The molecule has 0 amide bonds. The molecule has 4 aromatic rings. The summed E-state index contributed by atoms with van der Waals surface area (Å²) in [5, 5.41) is 5.44. The first-order chi connectivity index (χ1) is 13.4. The first kappa shape index (κ1) is 15.3. The lowest BCUT2D eigenvalue weighted by atomic mass is 9.79. The SMILES string of the molecule is c1cc2c3c(c1)C(c1cccc4cc5ccccc5cc14)CCN3CCC2. The first-order valence-corrected chi connectivity index (χ1v) is 10.2. The van der Waals surface area contributed by atoms with E-state index in [4.69, 9.17) is 0 Å². The molecular weight excluding hydrogens is 326 g/mol. The van der Waals surface area contributed by atoms with E-state index in [0.717, 1.165) is 0 Å². The summed E-state index contributed by atoms with van der Waals surface area (Å²) < 4.78 is 0. The largest absolute Gasteiger partial charge is 0.371 e. The van der Waals surface area contributed by atoms with Gasteiger partial charge in [-0.1, -0.05) is 60.7 Å². The van der Waals surface area contributed by atoms with Gasteiger partial charge in [0.25, 0.3) is 0 Å². The van der Waals surface area contributed by atoms with Gasteiger partial charge < -0.3 is 4.90 Å². The zero-order valence-electron chi connectivity index (χ0n) is 15.5. The standard InChI is InChI=1S/C26H23N/c1-2-7-20-17-25-21(16-19(20)6-1)9-4-11-22(25)23-13-15-27-14-5-10-18-8-3-12-24(23)26(18)27/h1-4,6-9,11-12,16-17,23H,5,10,13-15H2. The topological polar surface area (TPSA) is 3.24 Å². The van der Waals surface area contributed by atoms with Gasteiger partial charge in [-0.05, 0) is 69.6 Å². The number of anilines is 1. The molecule has 6 rings (SSSR count). The lowest BCUT2D eigenvalue weighted by Crippen LogP contribution is -2.36. The van der Waals surface area contributed by atoms with Gasteiger partial charge in [-0.15, -0.1) is 0 Å². The number of hydrogen-bond donors (Lipinski definition) is 0. The molecule has 2 heterocycles. The Morgan fingerprint density at radius 1 is 0.704 bits per heavy atom. The van der Waals surface area contributed by atoms with Gasteiger partial charge in [-0.3, -0.25) is 0 Å². The van der Waals surface area contributed by atoms with Crippen LogP contribution in [0.15, 0.2) is 72.8 Å². The maximum absolute atomic E-state index is 2.63. The van der Waals surface area contributed by atoms with Crippen molar-refractivity contribution in [3.05, 3.63) is 89.5 Å². The maximum Gasteiger partial charge on any atom is 0.0437 e. The summed E-state index contributed by atoms with van der Waals surface area (Å²) >= 11 is 0. The lowest BCUT2D eigenvalue weighted by Gasteiger charge is -2.40. The number of para-hydroxylation sites is 1. The van der Waals surface area contributed by atoms with Crippen LogP contribution in [-0.4, -0.2) is 13.1 Å². The van der Waals surface area contributed by atoms with E-state index in [1.807, 2.05) is 0 Å². The second-order valence-corrected chi connectivity index (χ2v) is 8.05. The maximum atomic E-state index is 2.63. The Bertz CT molecular complexity index is 1170. The Labute approximate surface area is 160 Å². The van der Waals surface area contributed by atoms with Crippen LogP contribution in [0.1, 0.15) is 35.4 Å². The number of fused-ring (bicyclic) bond motifs is 2. The molecule has 27 heavy (non-hydrogen) atoms. The number of benzene rings is 4. The van der Waals surface area contributed by atoms with Crippen molar-refractivity contribution in [2.75, 3.05) is 18.0 Å². The highest BCUT2D eigenvalue weighted by Gasteiger charge is 2.30. The molecule has 0 N–H and O–H groups in total. The second kappa shape index (κ2) is 5.85. The predicted molar refractivity (Wildman–Crippen MR) is 115 cm³/mol. The summed E-state index contributed by atoms with van der Waals surface area (Å²) in [5.74, 6) is 0.499. The van der Waals surface area contributed by atoms with E-state index in [2.05, 4.69) is 77.7 Å². The van der Waals surface area contributed by atoms with Gasteiger partial charge in [-0.25, -0.2) is 0 Å². The molecule has 0 saturated carbocycles. The molecule has 0 bridgehead atoms. The van der Waals surface area contributed by atoms with Crippen LogP contribution in [0.25, 0.3) is 21.5 Å². The molecule has 1 nitrogen and oxygen atoms in total. The third-order valence-corrected chi connectivity index (χ3v) is 6.56. The molecule has 132 valence electrons. The molecule has 0 aliphatic carbocycles. The number of aryl methyl sites for hydroxylation is 1. The molecule has 0 fully saturated rings. The normalized spacial score (nSPS) is 18.7. The molecule has 0 spiro atoms. The Hall–Kier alpha value is -2.80. The van der Waals surface area contributed by atoms with E-state index in [-0.39, 0.29) is 0 Å². The minimum atomic E-state index is 0.499. The van der Waals surface area contributed by atoms with Crippen LogP contribution in [0.3, 0.4) is 0 Å². The highest BCUT2D eigenvalue weighted by Crippen LogP contribution is 2.45. The number of rotatable bonds is 1. The summed E-state index contributed by atoms with van der Waals surface area (Å²) in [5.41, 5.74) is 6.13. The summed E-state index contributed by atoms with van der Waals surface area (Å²) in [6.45, 7) is 2.40. The van der Waals surface area contributed by atoms with Gasteiger partial charge in [0.05, 0.1) is 0 Å². The zero-order valence-corrected chi connectivity index (χ0v) is 15.5. The molecule has 0 aromatic heterocycles. The fraction of sp³-hybridized carbons (Fsp3) is 0.231. The molecule has 1 heteroatoms. The van der Waals surface area contributed by atoms with E-state index in [1.165, 1.54) is 65.1 Å². The summed E-state index contributed by atoms with van der Waals surface area (Å²) in [7, 11) is 0. The summed E-state index contributed by atoms with van der Waals surface area (Å²) in [6, 6.07) is 27.3. The van der Waals surface area contributed by atoms with Crippen molar-refractivity contribution in [3.8, 4) is 0 Å². The van der Waals surface area contributed by atoms with Crippen molar-refractivity contribution in [2.45, 2.75) is 25.2 Å². The van der Waals surface area contributed by atoms with Crippen molar-refractivity contribution in [1.82, 2.24) is 0 Å². The Balaban J connectivity index is 1.59. The van der Waals surface area contributed by atoms with E-state index < -0.39 is 0 Å². The molecule has 1 unspecified atom stereocenters. The van der Waals surface area contributed by atoms with Crippen LogP contribution in [0, 0.1) is 0 Å². The van der Waals surface area contributed by atoms with E-state index in [0.29, 0.717) is 5.92 Å². The molecule has 4 aromatic carbocycles. The fourth-order valence-electron chi connectivity index (χ4n) is 5.33. The predicted octanol–water partition coefficient (Wildman–Crippen LogP) is 6.28. The van der Waals surface area contributed by atoms with Gasteiger partial charge >= 0.3 is 0 Å². The molecule has 2 aliphatic rings. The van der Waals surface area contributed by atoms with Gasteiger partial charge in [0, 0.05) is 24.7 Å². The Morgan fingerprint density at radius 3 is 2.41 bits per heavy atom. The van der Waals surface area contributed by atoms with Gasteiger partial charge in [-0.2, -0.15) is 0 Å². The van der Waals surface area contributed by atoms with Crippen LogP contribution in [0.4, 0.5) is 5.69 Å². The minimum Gasteiger partial charge on any atom is -0.371 e. The van der Waals surface area contributed by atoms with Crippen LogP contribution < -0.4 is 4.90 Å². The third kappa shape index (κ3) is 2.31. The van der Waals surface area contributed by atoms with Gasteiger partial charge in [0.1, 0.15) is 0 Å². The van der Waals surface area contributed by atoms with E-state index >= 15 is 0 Å². The zero-order chi connectivity index (χ0) is 17.8. The van der Waals surface area contributed by atoms with E-state index in [9.17, 15) is 0 Å². The van der Waals surface area contributed by atoms with Crippen LogP contribution in [-0.2, 0) is 6.42 Å². The molecule has 1 atom stereocenters. The Morgan fingerprint density at radius 2 is 1.48 bits per heavy atom. The first-order valence-electron chi connectivity index (χ1n) is 10.2. The average Bonchev–Trinajstić information content (AvgIpc) is 2.73. The second-order valence-electron chi connectivity index (χ2n) is 8.05. The molecule has 0 radical (unpaired) electrons. The summed E-state index contributed by atoms with van der Waals surface area (Å²) in [6.07, 6.45) is 3.73. The summed E-state index contributed by atoms with van der Waals surface area (Å²) in [4.78, 5) is 2.63. The molecular formula is C26H23N. The smallest absolute Gasteiger partial charge is 0.0437 e. The van der Waals surface area contributed by atoms with E-state index in [1.54, 1.807) is 11.1 Å². The minimum absolute atomic E-state index is 0.499. The number of nitrogens with zero attached hydrogens (tertiary/aromatic N) is 1. The van der Waals surface area contributed by atoms with Crippen LogP contribution in [0.2, 0.25) is 0 Å². The quantitative estimate of drug-likeness (QED) is 0.365. The van der Waals surface area contributed by atoms with Crippen molar-refractivity contribution in [1.29, 1.82) is 0 Å². The van der Waals surface area contributed by atoms with Gasteiger partial charge in [0.2, 0.25) is 0 Å². The molecule has 0 saturated heterocycles. The van der Waals surface area contributed by atoms with Crippen molar-refractivity contribution < 1.29 is 0 Å². The van der Waals surface area contributed by atoms with Crippen molar-refractivity contribution in [3.63, 3.8) is 0 Å². The molecule has 2 aliphatic heterocycles. The lowest BCUT2D eigenvalue weighted by molar-refractivity contribution is 0.598. The Kier molecular flexibility index (Phi) is 3.31. The third-order valence-electron chi connectivity index (χ3n) is 6.56.